The molecule has 0 aliphatic heterocycles. The first-order valence-electron chi connectivity index (χ1n) is 5.82. The fraction of sp³-hybridized carbons (Fsp3) is 0.400. The van der Waals surface area contributed by atoms with Crippen LogP contribution in [-0.4, -0.2) is 12.9 Å². The molecule has 0 saturated heterocycles. The minimum absolute atomic E-state index is 0.0455. The third kappa shape index (κ3) is 4.06. The Hall–Kier alpha value is -1.57. The molecular formula is C15H20O2. The quantitative estimate of drug-likeness (QED) is 0.723. The van der Waals surface area contributed by atoms with E-state index in [1.165, 1.54) is 5.57 Å². The first kappa shape index (κ1) is 13.5. The SMILES string of the molecule is COc1ccc(C(CC=C(C)C)C(C)=O)cc1. The third-order valence-electron chi connectivity index (χ3n) is 2.77. The number of rotatable bonds is 5. The van der Waals surface area contributed by atoms with E-state index in [0.29, 0.717) is 0 Å². The van der Waals surface area contributed by atoms with E-state index in [2.05, 4.69) is 6.08 Å². The number of benzene rings is 1. The fourth-order valence-electron chi connectivity index (χ4n) is 1.73. The topological polar surface area (TPSA) is 26.3 Å². The molecule has 0 bridgehead atoms. The van der Waals surface area contributed by atoms with Gasteiger partial charge in [0.25, 0.3) is 0 Å². The number of allylic oxidation sites excluding steroid dienone is 2. The zero-order chi connectivity index (χ0) is 12.8. The normalized spacial score (nSPS) is 11.8. The summed E-state index contributed by atoms with van der Waals surface area (Å²) in [6, 6.07) is 7.72. The lowest BCUT2D eigenvalue weighted by molar-refractivity contribution is -0.118. The lowest BCUT2D eigenvalue weighted by Crippen LogP contribution is -2.08. The van der Waals surface area contributed by atoms with Gasteiger partial charge in [0.2, 0.25) is 0 Å². The maximum Gasteiger partial charge on any atom is 0.137 e. The van der Waals surface area contributed by atoms with Gasteiger partial charge in [-0.2, -0.15) is 0 Å². The van der Waals surface area contributed by atoms with E-state index in [1.54, 1.807) is 14.0 Å². The maximum atomic E-state index is 11.7. The number of methoxy groups -OCH3 is 1. The van der Waals surface area contributed by atoms with Crippen LogP contribution in [0.25, 0.3) is 0 Å². The van der Waals surface area contributed by atoms with Gasteiger partial charge in [0.1, 0.15) is 11.5 Å². The Balaban J connectivity index is 2.89. The summed E-state index contributed by atoms with van der Waals surface area (Å²) >= 11 is 0. The summed E-state index contributed by atoms with van der Waals surface area (Å²) in [5.41, 5.74) is 2.29. The van der Waals surface area contributed by atoms with Gasteiger partial charge in [0, 0.05) is 5.92 Å². The molecule has 0 aromatic heterocycles. The Labute approximate surface area is 103 Å². The number of hydrogen-bond acceptors (Lipinski definition) is 2. The van der Waals surface area contributed by atoms with Gasteiger partial charge < -0.3 is 4.74 Å². The van der Waals surface area contributed by atoms with Gasteiger partial charge in [-0.1, -0.05) is 23.8 Å². The molecular weight excluding hydrogens is 212 g/mol. The molecule has 1 atom stereocenters. The second-order valence-corrected chi connectivity index (χ2v) is 4.45. The van der Waals surface area contributed by atoms with Gasteiger partial charge in [-0.05, 0) is 44.9 Å². The van der Waals surface area contributed by atoms with Crippen LogP contribution in [0.4, 0.5) is 0 Å². The van der Waals surface area contributed by atoms with E-state index in [1.807, 2.05) is 38.1 Å². The lowest BCUT2D eigenvalue weighted by atomic mass is 9.91. The van der Waals surface area contributed by atoms with Crippen molar-refractivity contribution >= 4 is 5.78 Å². The van der Waals surface area contributed by atoms with Crippen LogP contribution >= 0.6 is 0 Å². The third-order valence-corrected chi connectivity index (χ3v) is 2.77. The highest BCUT2D eigenvalue weighted by molar-refractivity contribution is 5.83. The van der Waals surface area contributed by atoms with Crippen LogP contribution in [0.3, 0.4) is 0 Å². The van der Waals surface area contributed by atoms with E-state index < -0.39 is 0 Å². The van der Waals surface area contributed by atoms with E-state index in [-0.39, 0.29) is 11.7 Å². The standard InChI is InChI=1S/C15H20O2/c1-11(2)5-10-15(12(3)16)13-6-8-14(17-4)9-7-13/h5-9,15H,10H2,1-4H3. The average molecular weight is 232 g/mol. The molecule has 1 unspecified atom stereocenters. The Morgan fingerprint density at radius 1 is 1.24 bits per heavy atom. The lowest BCUT2D eigenvalue weighted by Gasteiger charge is -2.13. The highest BCUT2D eigenvalue weighted by atomic mass is 16.5. The summed E-state index contributed by atoms with van der Waals surface area (Å²) in [5.74, 6) is 0.974. The van der Waals surface area contributed by atoms with Gasteiger partial charge in [0.05, 0.1) is 7.11 Å². The van der Waals surface area contributed by atoms with Crippen LogP contribution in [0.1, 0.15) is 38.7 Å². The summed E-state index contributed by atoms with van der Waals surface area (Å²) in [6.45, 7) is 5.74. The Morgan fingerprint density at radius 3 is 2.24 bits per heavy atom. The van der Waals surface area contributed by atoms with Crippen LogP contribution < -0.4 is 4.74 Å². The predicted octanol–water partition coefficient (Wildman–Crippen LogP) is 3.72. The highest BCUT2D eigenvalue weighted by Crippen LogP contribution is 2.24. The average Bonchev–Trinajstić information content (AvgIpc) is 2.29. The number of carbonyl (C=O) groups excluding carboxylic acids is 1. The zero-order valence-corrected chi connectivity index (χ0v) is 11.0. The molecule has 1 aromatic rings. The van der Waals surface area contributed by atoms with Crippen molar-refractivity contribution in [3.8, 4) is 5.75 Å². The molecule has 0 fully saturated rings. The maximum absolute atomic E-state index is 11.7. The molecule has 0 N–H and O–H groups in total. The molecule has 0 amide bonds. The molecule has 92 valence electrons. The van der Waals surface area contributed by atoms with Crippen LogP contribution in [0.15, 0.2) is 35.9 Å². The second-order valence-electron chi connectivity index (χ2n) is 4.45. The monoisotopic (exact) mass is 232 g/mol. The first-order valence-corrected chi connectivity index (χ1v) is 5.82. The summed E-state index contributed by atoms with van der Waals surface area (Å²) in [6.07, 6.45) is 2.88. The minimum atomic E-state index is -0.0455. The molecule has 2 heteroatoms. The van der Waals surface area contributed by atoms with E-state index >= 15 is 0 Å². The van der Waals surface area contributed by atoms with Gasteiger partial charge in [-0.3, -0.25) is 4.79 Å². The zero-order valence-electron chi connectivity index (χ0n) is 11.0. The Kier molecular flexibility index (Phi) is 4.95. The fourth-order valence-corrected chi connectivity index (χ4v) is 1.73. The largest absolute Gasteiger partial charge is 0.497 e. The number of Topliss-reactive ketones (excluding diaryl/α,β-unsaturated/α-hetero) is 1. The minimum Gasteiger partial charge on any atom is -0.497 e. The Morgan fingerprint density at radius 2 is 1.82 bits per heavy atom. The van der Waals surface area contributed by atoms with Crippen molar-refractivity contribution in [3.05, 3.63) is 41.5 Å². The second kappa shape index (κ2) is 6.24. The van der Waals surface area contributed by atoms with E-state index in [4.69, 9.17) is 4.74 Å². The first-order chi connectivity index (χ1) is 8.04. The molecule has 1 aromatic carbocycles. The van der Waals surface area contributed by atoms with Crippen molar-refractivity contribution in [2.75, 3.05) is 7.11 Å². The predicted molar refractivity (Wildman–Crippen MR) is 70.5 cm³/mol. The van der Waals surface area contributed by atoms with Crippen molar-refractivity contribution in [1.29, 1.82) is 0 Å². The molecule has 0 radical (unpaired) electrons. The Bertz CT molecular complexity index is 397. The molecule has 2 nitrogen and oxygen atoms in total. The van der Waals surface area contributed by atoms with Crippen molar-refractivity contribution in [1.82, 2.24) is 0 Å². The number of ether oxygens (including phenoxy) is 1. The van der Waals surface area contributed by atoms with Crippen LogP contribution in [0.5, 0.6) is 5.75 Å². The van der Waals surface area contributed by atoms with Gasteiger partial charge >= 0.3 is 0 Å². The smallest absolute Gasteiger partial charge is 0.137 e. The van der Waals surface area contributed by atoms with Crippen molar-refractivity contribution in [2.45, 2.75) is 33.1 Å². The highest BCUT2D eigenvalue weighted by Gasteiger charge is 2.15. The molecule has 17 heavy (non-hydrogen) atoms. The van der Waals surface area contributed by atoms with Gasteiger partial charge in [0.15, 0.2) is 0 Å². The summed E-state index contributed by atoms with van der Waals surface area (Å²) in [5, 5.41) is 0. The summed E-state index contributed by atoms with van der Waals surface area (Å²) in [7, 11) is 1.64. The van der Waals surface area contributed by atoms with E-state index in [9.17, 15) is 4.79 Å². The van der Waals surface area contributed by atoms with Gasteiger partial charge in [-0.25, -0.2) is 0 Å². The van der Waals surface area contributed by atoms with Gasteiger partial charge in [-0.15, -0.1) is 0 Å². The van der Waals surface area contributed by atoms with Crippen LogP contribution in [0, 0.1) is 0 Å². The van der Waals surface area contributed by atoms with Crippen molar-refractivity contribution in [2.24, 2.45) is 0 Å². The summed E-state index contributed by atoms with van der Waals surface area (Å²) in [4.78, 5) is 11.7. The number of carbonyl (C=O) groups is 1. The van der Waals surface area contributed by atoms with Crippen molar-refractivity contribution in [3.63, 3.8) is 0 Å². The molecule has 0 heterocycles. The van der Waals surface area contributed by atoms with Crippen LogP contribution in [-0.2, 0) is 4.79 Å². The summed E-state index contributed by atoms with van der Waals surface area (Å²) < 4.78 is 5.11. The molecule has 0 aliphatic carbocycles. The number of hydrogen-bond donors (Lipinski definition) is 0. The molecule has 1 rings (SSSR count). The van der Waals surface area contributed by atoms with E-state index in [0.717, 1.165) is 17.7 Å². The molecule has 0 spiro atoms. The molecule has 0 saturated carbocycles. The molecule has 0 aliphatic rings. The van der Waals surface area contributed by atoms with Crippen LogP contribution in [0.2, 0.25) is 0 Å². The number of ketones is 1. The van der Waals surface area contributed by atoms with Crippen molar-refractivity contribution < 1.29 is 9.53 Å².